The molecule has 0 aliphatic heterocycles. The van der Waals surface area contributed by atoms with Gasteiger partial charge in [-0.05, 0) is 37.3 Å². The zero-order valence-electron chi connectivity index (χ0n) is 11.8. The van der Waals surface area contributed by atoms with Crippen molar-refractivity contribution < 1.29 is 14.6 Å². The number of phenols is 1. The predicted molar refractivity (Wildman–Crippen MR) is 80.8 cm³/mol. The molecule has 0 atom stereocenters. The van der Waals surface area contributed by atoms with Crippen molar-refractivity contribution in [2.75, 3.05) is 7.11 Å². The minimum absolute atomic E-state index is 0.120. The number of hydrazone groups is 1. The van der Waals surface area contributed by atoms with Crippen LogP contribution in [0.3, 0.4) is 0 Å². The minimum Gasteiger partial charge on any atom is -0.507 e. The Morgan fingerprint density at radius 2 is 1.95 bits per heavy atom. The molecule has 5 heteroatoms. The fourth-order valence-electron chi connectivity index (χ4n) is 1.80. The average Bonchev–Trinajstić information content (AvgIpc) is 2.52. The highest BCUT2D eigenvalue weighted by molar-refractivity contribution is 6.02. The van der Waals surface area contributed by atoms with Gasteiger partial charge in [0.15, 0.2) is 0 Å². The van der Waals surface area contributed by atoms with Crippen molar-refractivity contribution in [1.29, 1.82) is 0 Å². The lowest BCUT2D eigenvalue weighted by atomic mass is 10.1. The number of amides is 1. The van der Waals surface area contributed by atoms with Crippen LogP contribution in [0.5, 0.6) is 11.5 Å². The fraction of sp³-hybridized carbons (Fsp3) is 0.125. The molecule has 0 aliphatic carbocycles. The second-order valence-corrected chi connectivity index (χ2v) is 4.39. The molecule has 108 valence electrons. The maximum atomic E-state index is 12.0. The minimum atomic E-state index is -0.344. The van der Waals surface area contributed by atoms with Crippen molar-refractivity contribution in [1.82, 2.24) is 5.43 Å². The van der Waals surface area contributed by atoms with Gasteiger partial charge in [0.2, 0.25) is 0 Å². The second kappa shape index (κ2) is 6.56. The van der Waals surface area contributed by atoms with Crippen LogP contribution in [-0.2, 0) is 0 Å². The second-order valence-electron chi connectivity index (χ2n) is 4.39. The molecule has 2 N–H and O–H groups in total. The molecule has 0 bridgehead atoms. The molecule has 2 aromatic carbocycles. The molecule has 0 aromatic heterocycles. The number of nitrogens with one attached hydrogen (secondary N) is 1. The number of hydrogen-bond acceptors (Lipinski definition) is 4. The average molecular weight is 284 g/mol. The van der Waals surface area contributed by atoms with E-state index in [1.165, 1.54) is 7.11 Å². The number of ether oxygens (including phenoxy) is 1. The molecule has 0 spiro atoms. The first kappa shape index (κ1) is 14.6. The first-order valence-corrected chi connectivity index (χ1v) is 6.39. The van der Waals surface area contributed by atoms with Crippen molar-refractivity contribution in [2.24, 2.45) is 5.10 Å². The zero-order chi connectivity index (χ0) is 15.2. The Morgan fingerprint density at radius 3 is 2.67 bits per heavy atom. The summed E-state index contributed by atoms with van der Waals surface area (Å²) in [6, 6.07) is 13.6. The number of para-hydroxylation sites is 1. The van der Waals surface area contributed by atoms with Crippen molar-refractivity contribution in [3.63, 3.8) is 0 Å². The van der Waals surface area contributed by atoms with Crippen LogP contribution in [0.15, 0.2) is 53.6 Å². The Labute approximate surface area is 122 Å². The smallest absolute Gasteiger partial charge is 0.271 e. The normalized spacial score (nSPS) is 11.0. The van der Waals surface area contributed by atoms with Crippen LogP contribution in [0.4, 0.5) is 0 Å². The number of benzene rings is 2. The topological polar surface area (TPSA) is 70.9 Å². The maximum absolute atomic E-state index is 12.0. The lowest BCUT2D eigenvalue weighted by Gasteiger charge is -2.05. The van der Waals surface area contributed by atoms with E-state index in [2.05, 4.69) is 10.5 Å². The van der Waals surface area contributed by atoms with Gasteiger partial charge in [-0.1, -0.05) is 18.2 Å². The first-order valence-electron chi connectivity index (χ1n) is 6.39. The van der Waals surface area contributed by atoms with Gasteiger partial charge in [-0.15, -0.1) is 0 Å². The van der Waals surface area contributed by atoms with Crippen LogP contribution in [0, 0.1) is 0 Å². The van der Waals surface area contributed by atoms with Gasteiger partial charge in [-0.25, -0.2) is 5.43 Å². The number of methoxy groups -OCH3 is 1. The number of nitrogens with zero attached hydrogens (tertiary/aromatic N) is 1. The summed E-state index contributed by atoms with van der Waals surface area (Å²) in [6.45, 7) is 1.71. The molecule has 0 aliphatic rings. The summed E-state index contributed by atoms with van der Waals surface area (Å²) in [7, 11) is 1.54. The summed E-state index contributed by atoms with van der Waals surface area (Å²) in [5, 5.41) is 13.7. The first-order chi connectivity index (χ1) is 10.1. The quantitative estimate of drug-likeness (QED) is 0.669. The summed E-state index contributed by atoms with van der Waals surface area (Å²) in [5.74, 6) is 0.377. The Hall–Kier alpha value is -2.82. The number of rotatable bonds is 4. The van der Waals surface area contributed by atoms with E-state index >= 15 is 0 Å². The summed E-state index contributed by atoms with van der Waals surface area (Å²) >= 11 is 0. The largest absolute Gasteiger partial charge is 0.507 e. The number of carbonyl (C=O) groups excluding carboxylic acids is 1. The van der Waals surface area contributed by atoms with Gasteiger partial charge < -0.3 is 9.84 Å². The number of aromatic hydroxyl groups is 1. The number of hydrogen-bond donors (Lipinski definition) is 2. The lowest BCUT2D eigenvalue weighted by Crippen LogP contribution is -2.19. The number of carbonyl (C=O) groups is 1. The van der Waals surface area contributed by atoms with Crippen LogP contribution >= 0.6 is 0 Å². The van der Waals surface area contributed by atoms with Gasteiger partial charge in [0.05, 0.1) is 12.8 Å². The summed E-state index contributed by atoms with van der Waals surface area (Å²) in [5.41, 5.74) is 4.00. The van der Waals surface area contributed by atoms with Gasteiger partial charge >= 0.3 is 0 Å². The van der Waals surface area contributed by atoms with E-state index in [4.69, 9.17) is 4.74 Å². The van der Waals surface area contributed by atoms with Crippen molar-refractivity contribution in [2.45, 2.75) is 6.92 Å². The van der Waals surface area contributed by atoms with Crippen molar-refractivity contribution in [3.05, 3.63) is 59.7 Å². The van der Waals surface area contributed by atoms with E-state index in [1.54, 1.807) is 55.5 Å². The van der Waals surface area contributed by atoms with Crippen LogP contribution < -0.4 is 10.2 Å². The molecule has 21 heavy (non-hydrogen) atoms. The molecule has 0 heterocycles. The zero-order valence-corrected chi connectivity index (χ0v) is 11.8. The Balaban J connectivity index is 2.13. The number of phenolic OH excluding ortho intramolecular Hbond substituents is 1. The van der Waals surface area contributed by atoms with E-state index in [-0.39, 0.29) is 11.7 Å². The Bertz CT molecular complexity index is 681. The molecule has 2 rings (SSSR count). The standard InChI is InChI=1S/C16H16N2O3/c1-11(14-8-3-4-9-15(14)19)17-18-16(20)12-6-5-7-13(10-12)21-2/h3-10,19H,1-2H3,(H,18,20)/b17-11+. The maximum Gasteiger partial charge on any atom is 0.271 e. The molecule has 5 nitrogen and oxygen atoms in total. The molecular weight excluding hydrogens is 268 g/mol. The molecular formula is C16H16N2O3. The van der Waals surface area contributed by atoms with Crippen molar-refractivity contribution >= 4 is 11.6 Å². The van der Waals surface area contributed by atoms with E-state index in [9.17, 15) is 9.90 Å². The molecule has 0 radical (unpaired) electrons. The Morgan fingerprint density at radius 1 is 1.19 bits per heavy atom. The third-order valence-corrected chi connectivity index (χ3v) is 2.95. The molecule has 0 saturated heterocycles. The molecule has 2 aromatic rings. The van der Waals surface area contributed by atoms with Gasteiger partial charge in [0.25, 0.3) is 5.91 Å². The van der Waals surface area contributed by atoms with E-state index < -0.39 is 0 Å². The fourth-order valence-corrected chi connectivity index (χ4v) is 1.80. The van der Waals surface area contributed by atoms with Gasteiger partial charge in [0.1, 0.15) is 11.5 Å². The van der Waals surface area contributed by atoms with Crippen molar-refractivity contribution in [3.8, 4) is 11.5 Å². The van der Waals surface area contributed by atoms with E-state index in [0.717, 1.165) is 0 Å². The Kier molecular flexibility index (Phi) is 4.56. The molecule has 0 fully saturated rings. The summed E-state index contributed by atoms with van der Waals surface area (Å²) in [6.07, 6.45) is 0. The third-order valence-electron chi connectivity index (χ3n) is 2.95. The summed E-state index contributed by atoms with van der Waals surface area (Å²) in [4.78, 5) is 12.0. The monoisotopic (exact) mass is 284 g/mol. The summed E-state index contributed by atoms with van der Waals surface area (Å²) < 4.78 is 5.07. The molecule has 0 saturated carbocycles. The molecule has 1 amide bonds. The van der Waals surface area contributed by atoms with Gasteiger partial charge in [0, 0.05) is 11.1 Å². The van der Waals surface area contributed by atoms with E-state index in [0.29, 0.717) is 22.6 Å². The molecule has 0 unspecified atom stereocenters. The van der Waals surface area contributed by atoms with Gasteiger partial charge in [-0.3, -0.25) is 4.79 Å². The lowest BCUT2D eigenvalue weighted by molar-refractivity contribution is 0.0954. The third kappa shape index (κ3) is 3.60. The predicted octanol–water partition coefficient (Wildman–Crippen LogP) is 2.55. The SMILES string of the molecule is COc1cccc(C(=O)N/N=C(\C)c2ccccc2O)c1. The van der Waals surface area contributed by atoms with Crippen LogP contribution in [0.1, 0.15) is 22.8 Å². The highest BCUT2D eigenvalue weighted by atomic mass is 16.5. The van der Waals surface area contributed by atoms with Crippen LogP contribution in [-0.4, -0.2) is 23.8 Å². The highest BCUT2D eigenvalue weighted by Crippen LogP contribution is 2.16. The van der Waals surface area contributed by atoms with Gasteiger partial charge in [-0.2, -0.15) is 5.10 Å². The van der Waals surface area contributed by atoms with Crippen LogP contribution in [0.2, 0.25) is 0 Å². The van der Waals surface area contributed by atoms with E-state index in [1.807, 2.05) is 0 Å². The van der Waals surface area contributed by atoms with Crippen LogP contribution in [0.25, 0.3) is 0 Å². The highest BCUT2D eigenvalue weighted by Gasteiger charge is 2.07.